The van der Waals surface area contributed by atoms with E-state index in [-0.39, 0.29) is 0 Å². The van der Waals surface area contributed by atoms with Crippen LogP contribution >= 0.6 is 0 Å². The maximum absolute atomic E-state index is 14.5. The van der Waals surface area contributed by atoms with Crippen molar-refractivity contribution < 1.29 is 13.2 Å². The molecule has 3 rings (SSSR count). The minimum absolute atomic E-state index is 0.297. The second kappa shape index (κ2) is 7.61. The summed E-state index contributed by atoms with van der Waals surface area (Å²) in [5.41, 5.74) is 2.17. The van der Waals surface area contributed by atoms with E-state index in [4.69, 9.17) is 4.42 Å². The second-order valence-corrected chi connectivity index (χ2v) is 6.24. The van der Waals surface area contributed by atoms with Crippen LogP contribution in [0.5, 0.6) is 0 Å². The second-order valence-electron chi connectivity index (χ2n) is 6.24. The van der Waals surface area contributed by atoms with Crippen molar-refractivity contribution >= 4 is 11.0 Å². The highest BCUT2D eigenvalue weighted by atomic mass is 19.2. The molecule has 0 saturated carbocycles. The molecule has 1 nitrogen and oxygen atoms in total. The lowest BCUT2D eigenvalue weighted by atomic mass is 9.99. The van der Waals surface area contributed by atoms with E-state index < -0.39 is 11.6 Å². The molecule has 0 saturated heterocycles. The summed E-state index contributed by atoms with van der Waals surface area (Å²) >= 11 is 0. The Morgan fingerprint density at radius 3 is 2.54 bits per heavy atom. The predicted molar refractivity (Wildman–Crippen MR) is 94.0 cm³/mol. The third-order valence-electron chi connectivity index (χ3n) is 4.48. The summed E-state index contributed by atoms with van der Waals surface area (Å²) in [6, 6.07) is 10.6. The van der Waals surface area contributed by atoms with Crippen LogP contribution in [0.3, 0.4) is 0 Å². The minimum atomic E-state index is -0.760. The maximum atomic E-state index is 14.5. The molecule has 0 spiro atoms. The van der Waals surface area contributed by atoms with E-state index in [9.17, 15) is 8.78 Å². The topological polar surface area (TPSA) is 13.1 Å². The fourth-order valence-corrected chi connectivity index (χ4v) is 3.06. The fourth-order valence-electron chi connectivity index (χ4n) is 3.06. The van der Waals surface area contributed by atoms with Gasteiger partial charge in [-0.2, -0.15) is 0 Å². The van der Waals surface area contributed by atoms with Gasteiger partial charge in [0, 0.05) is 10.9 Å². The molecule has 1 heterocycles. The first-order valence-corrected chi connectivity index (χ1v) is 8.65. The average molecular weight is 328 g/mol. The monoisotopic (exact) mass is 328 g/mol. The standard InChI is InChI=1S/C21H22F2O/c1-2-3-4-5-6-7-15-8-10-18(21(23)20(15)22)16-9-11-19-17(14-16)12-13-24-19/h8-14H,2-7H2,1H3. The molecular weight excluding hydrogens is 306 g/mol. The molecule has 0 bridgehead atoms. The van der Waals surface area contributed by atoms with Gasteiger partial charge in [-0.25, -0.2) is 8.78 Å². The molecule has 0 atom stereocenters. The molecular formula is C21H22F2O. The summed E-state index contributed by atoms with van der Waals surface area (Å²) in [5.74, 6) is -1.47. The fraction of sp³-hybridized carbons (Fsp3) is 0.333. The molecule has 0 aliphatic rings. The molecule has 1 aromatic heterocycles. The normalized spacial score (nSPS) is 11.3. The van der Waals surface area contributed by atoms with Crippen molar-refractivity contribution in [3.63, 3.8) is 0 Å². The highest BCUT2D eigenvalue weighted by Gasteiger charge is 2.15. The highest BCUT2D eigenvalue weighted by molar-refractivity contribution is 5.83. The van der Waals surface area contributed by atoms with Crippen LogP contribution in [-0.4, -0.2) is 0 Å². The molecule has 0 aliphatic heterocycles. The Balaban J connectivity index is 1.79. The summed E-state index contributed by atoms with van der Waals surface area (Å²) in [5, 5.41) is 0.882. The Labute approximate surface area is 141 Å². The van der Waals surface area contributed by atoms with Crippen molar-refractivity contribution in [2.75, 3.05) is 0 Å². The third kappa shape index (κ3) is 3.50. The molecule has 126 valence electrons. The average Bonchev–Trinajstić information content (AvgIpc) is 3.06. The van der Waals surface area contributed by atoms with Crippen molar-refractivity contribution in [3.8, 4) is 11.1 Å². The van der Waals surface area contributed by atoms with Crippen molar-refractivity contribution in [3.05, 3.63) is 59.9 Å². The molecule has 0 unspecified atom stereocenters. The van der Waals surface area contributed by atoms with Gasteiger partial charge in [0.1, 0.15) is 5.58 Å². The number of unbranched alkanes of at least 4 members (excludes halogenated alkanes) is 4. The summed E-state index contributed by atoms with van der Waals surface area (Å²) in [6.45, 7) is 2.16. The van der Waals surface area contributed by atoms with E-state index in [1.807, 2.05) is 12.1 Å². The predicted octanol–water partition coefficient (Wildman–Crippen LogP) is 6.89. The molecule has 24 heavy (non-hydrogen) atoms. The summed E-state index contributed by atoms with van der Waals surface area (Å²) in [4.78, 5) is 0. The number of benzene rings is 2. The first-order chi connectivity index (χ1) is 11.7. The molecule has 0 N–H and O–H groups in total. The van der Waals surface area contributed by atoms with Crippen LogP contribution in [0.1, 0.15) is 44.6 Å². The van der Waals surface area contributed by atoms with Crippen LogP contribution in [0.25, 0.3) is 22.1 Å². The Kier molecular flexibility index (Phi) is 5.29. The number of fused-ring (bicyclic) bond motifs is 1. The third-order valence-corrected chi connectivity index (χ3v) is 4.48. The number of hydrogen-bond acceptors (Lipinski definition) is 1. The van der Waals surface area contributed by atoms with E-state index in [0.29, 0.717) is 23.1 Å². The van der Waals surface area contributed by atoms with Crippen LogP contribution in [0, 0.1) is 11.6 Å². The first-order valence-electron chi connectivity index (χ1n) is 8.65. The smallest absolute Gasteiger partial charge is 0.166 e. The number of rotatable bonds is 7. The number of hydrogen-bond donors (Lipinski definition) is 0. The molecule has 0 fully saturated rings. The lowest BCUT2D eigenvalue weighted by Crippen LogP contribution is -1.97. The van der Waals surface area contributed by atoms with Crippen molar-refractivity contribution in [1.29, 1.82) is 0 Å². The van der Waals surface area contributed by atoms with Crippen LogP contribution in [0.15, 0.2) is 47.1 Å². The van der Waals surface area contributed by atoms with E-state index in [2.05, 4.69) is 6.92 Å². The molecule has 0 amide bonds. The maximum Gasteiger partial charge on any atom is 0.166 e. The number of furan rings is 1. The van der Waals surface area contributed by atoms with E-state index in [1.165, 1.54) is 12.8 Å². The molecule has 3 heteroatoms. The Morgan fingerprint density at radius 1 is 0.875 bits per heavy atom. The highest BCUT2D eigenvalue weighted by Crippen LogP contribution is 2.30. The van der Waals surface area contributed by atoms with Gasteiger partial charge in [0.15, 0.2) is 11.6 Å². The SMILES string of the molecule is CCCCCCCc1ccc(-c2ccc3occc3c2)c(F)c1F. The Hall–Kier alpha value is -2.16. The van der Waals surface area contributed by atoms with Gasteiger partial charge in [-0.05, 0) is 42.2 Å². The first kappa shape index (κ1) is 16.7. The van der Waals surface area contributed by atoms with Gasteiger partial charge >= 0.3 is 0 Å². The van der Waals surface area contributed by atoms with Crippen LogP contribution in [0.2, 0.25) is 0 Å². The summed E-state index contributed by atoms with van der Waals surface area (Å²) in [7, 11) is 0. The van der Waals surface area contributed by atoms with E-state index >= 15 is 0 Å². The van der Waals surface area contributed by atoms with E-state index in [0.717, 1.165) is 30.2 Å². The molecule has 0 aliphatic carbocycles. The zero-order chi connectivity index (χ0) is 16.9. The lowest BCUT2D eigenvalue weighted by Gasteiger charge is -2.09. The van der Waals surface area contributed by atoms with Gasteiger partial charge in [-0.3, -0.25) is 0 Å². The van der Waals surface area contributed by atoms with Gasteiger partial charge < -0.3 is 4.42 Å². The Morgan fingerprint density at radius 2 is 1.71 bits per heavy atom. The number of halogens is 2. The van der Waals surface area contributed by atoms with Crippen molar-refractivity contribution in [2.24, 2.45) is 0 Å². The minimum Gasteiger partial charge on any atom is -0.464 e. The van der Waals surface area contributed by atoms with E-state index in [1.54, 1.807) is 30.5 Å². The lowest BCUT2D eigenvalue weighted by molar-refractivity contribution is 0.497. The molecule has 3 aromatic rings. The molecule has 0 radical (unpaired) electrons. The van der Waals surface area contributed by atoms with Gasteiger partial charge in [0.05, 0.1) is 6.26 Å². The van der Waals surface area contributed by atoms with Crippen LogP contribution < -0.4 is 0 Å². The summed E-state index contributed by atoms with van der Waals surface area (Å²) < 4.78 is 34.2. The van der Waals surface area contributed by atoms with Gasteiger partial charge in [-0.15, -0.1) is 0 Å². The largest absolute Gasteiger partial charge is 0.464 e. The molecule has 2 aromatic carbocycles. The summed E-state index contributed by atoms with van der Waals surface area (Å²) in [6.07, 6.45) is 7.68. The van der Waals surface area contributed by atoms with Crippen molar-refractivity contribution in [2.45, 2.75) is 45.4 Å². The Bertz CT molecular complexity index is 820. The number of aryl methyl sites for hydroxylation is 1. The van der Waals surface area contributed by atoms with Crippen LogP contribution in [0.4, 0.5) is 8.78 Å². The van der Waals surface area contributed by atoms with Crippen molar-refractivity contribution in [1.82, 2.24) is 0 Å². The van der Waals surface area contributed by atoms with Gasteiger partial charge in [-0.1, -0.05) is 50.8 Å². The van der Waals surface area contributed by atoms with Gasteiger partial charge in [0.25, 0.3) is 0 Å². The zero-order valence-corrected chi connectivity index (χ0v) is 13.9. The quantitative estimate of drug-likeness (QED) is 0.430. The zero-order valence-electron chi connectivity index (χ0n) is 13.9. The van der Waals surface area contributed by atoms with Gasteiger partial charge in [0.2, 0.25) is 0 Å². The van der Waals surface area contributed by atoms with Crippen LogP contribution in [-0.2, 0) is 6.42 Å².